The Labute approximate surface area is 271 Å². The zero-order chi connectivity index (χ0) is 32.4. The van der Waals surface area contributed by atoms with Crippen molar-refractivity contribution < 1.29 is 14.3 Å². The number of nitrogens with zero attached hydrogens (tertiary/aromatic N) is 5. The van der Waals surface area contributed by atoms with Crippen LogP contribution < -0.4 is 9.64 Å². The molecule has 5 aromatic rings. The van der Waals surface area contributed by atoms with E-state index in [9.17, 15) is 4.79 Å². The molecule has 1 aliphatic rings. The Morgan fingerprint density at radius 3 is 2.26 bits per heavy atom. The van der Waals surface area contributed by atoms with E-state index in [0.717, 1.165) is 51.8 Å². The van der Waals surface area contributed by atoms with Gasteiger partial charge in [0.25, 0.3) is 0 Å². The van der Waals surface area contributed by atoms with Gasteiger partial charge in [0.15, 0.2) is 6.10 Å². The molecule has 0 aliphatic carbocycles. The highest BCUT2D eigenvalue weighted by Gasteiger charge is 2.33. The highest BCUT2D eigenvalue weighted by atomic mass is 16.6. The number of aromatic nitrogens is 3. The lowest BCUT2D eigenvalue weighted by molar-refractivity contribution is 0.0105. The summed E-state index contributed by atoms with van der Waals surface area (Å²) in [6.45, 7) is 8.49. The molecule has 238 valence electrons. The first-order valence-corrected chi connectivity index (χ1v) is 16.0. The third kappa shape index (κ3) is 6.57. The van der Waals surface area contributed by atoms with Crippen molar-refractivity contribution in [3.63, 3.8) is 0 Å². The maximum Gasteiger partial charge on any atom is 0.410 e. The van der Waals surface area contributed by atoms with Gasteiger partial charge in [0.2, 0.25) is 5.88 Å². The maximum absolute atomic E-state index is 12.8. The van der Waals surface area contributed by atoms with Crippen LogP contribution in [0.15, 0.2) is 97.2 Å². The van der Waals surface area contributed by atoms with Gasteiger partial charge in [-0.25, -0.2) is 9.78 Å². The number of rotatable bonds is 7. The van der Waals surface area contributed by atoms with Crippen LogP contribution in [0.4, 0.5) is 10.5 Å². The monoisotopic (exact) mass is 617 g/mol. The van der Waals surface area contributed by atoms with Crippen LogP contribution in [-0.4, -0.2) is 57.0 Å². The Morgan fingerprint density at radius 1 is 0.957 bits per heavy atom. The number of pyridine rings is 1. The largest absolute Gasteiger partial charge is 0.464 e. The van der Waals surface area contributed by atoms with Crippen LogP contribution in [0.2, 0.25) is 0 Å². The highest BCUT2D eigenvalue weighted by molar-refractivity contribution is 5.96. The number of aryl methyl sites for hydroxylation is 1. The lowest BCUT2D eigenvalue weighted by atomic mass is 9.97. The Balaban J connectivity index is 1.26. The molecule has 0 spiro atoms. The molecule has 0 unspecified atom stereocenters. The highest BCUT2D eigenvalue weighted by Crippen LogP contribution is 2.38. The molecule has 2 aromatic heterocycles. The van der Waals surface area contributed by atoms with Crippen molar-refractivity contribution in [1.82, 2.24) is 19.7 Å². The Morgan fingerprint density at radius 2 is 1.63 bits per heavy atom. The van der Waals surface area contributed by atoms with Gasteiger partial charge < -0.3 is 19.3 Å². The Bertz CT molecular complexity index is 1760. The minimum Gasteiger partial charge on any atom is -0.464 e. The molecule has 1 fully saturated rings. The van der Waals surface area contributed by atoms with Gasteiger partial charge >= 0.3 is 6.09 Å². The van der Waals surface area contributed by atoms with Crippen molar-refractivity contribution in [3.05, 3.63) is 108 Å². The molecule has 8 nitrogen and oxygen atoms in total. The van der Waals surface area contributed by atoms with E-state index in [1.54, 1.807) is 6.20 Å². The van der Waals surface area contributed by atoms with Gasteiger partial charge in [0.05, 0.1) is 11.1 Å². The third-order valence-electron chi connectivity index (χ3n) is 8.73. The number of amides is 1. The fraction of sp³-hybridized carbons (Fsp3) is 0.342. The molecule has 2 atom stereocenters. The van der Waals surface area contributed by atoms with E-state index >= 15 is 0 Å². The van der Waals surface area contributed by atoms with Gasteiger partial charge in [-0.05, 0) is 82.0 Å². The van der Waals surface area contributed by atoms with E-state index in [4.69, 9.17) is 19.6 Å². The molecule has 0 N–H and O–H groups in total. The molecule has 1 aliphatic heterocycles. The molecule has 46 heavy (non-hydrogen) atoms. The molecule has 6 rings (SSSR count). The smallest absolute Gasteiger partial charge is 0.410 e. The van der Waals surface area contributed by atoms with Gasteiger partial charge in [0.1, 0.15) is 11.3 Å². The summed E-state index contributed by atoms with van der Waals surface area (Å²) < 4.78 is 14.3. The summed E-state index contributed by atoms with van der Waals surface area (Å²) >= 11 is 0. The average Bonchev–Trinajstić information content (AvgIpc) is 3.38. The van der Waals surface area contributed by atoms with Crippen molar-refractivity contribution in [2.45, 2.75) is 64.3 Å². The normalized spacial score (nSPS) is 16.9. The van der Waals surface area contributed by atoms with E-state index in [-0.39, 0.29) is 18.2 Å². The van der Waals surface area contributed by atoms with Crippen LogP contribution in [0, 0.1) is 0 Å². The topological polar surface area (TPSA) is 72.7 Å². The molecule has 3 aromatic carbocycles. The second-order valence-corrected chi connectivity index (χ2v) is 13.2. The zero-order valence-electron chi connectivity index (χ0n) is 27.6. The summed E-state index contributed by atoms with van der Waals surface area (Å²) in [6.07, 6.45) is 2.94. The number of anilines is 1. The number of hydrogen-bond acceptors (Lipinski definition) is 6. The molecular weight excluding hydrogens is 574 g/mol. The van der Waals surface area contributed by atoms with Crippen LogP contribution in [0.1, 0.15) is 57.8 Å². The number of hydrogen-bond donors (Lipinski definition) is 0. The molecule has 1 saturated heterocycles. The fourth-order valence-electron chi connectivity index (χ4n) is 6.33. The number of carbonyl (C=O) groups excluding carboxylic acids is 1. The Hall–Kier alpha value is -4.85. The summed E-state index contributed by atoms with van der Waals surface area (Å²) in [5.74, 6) is 0.534. The van der Waals surface area contributed by atoms with Gasteiger partial charge in [-0.3, -0.25) is 4.68 Å². The number of carbonyl (C=O) groups is 1. The van der Waals surface area contributed by atoms with E-state index in [0.29, 0.717) is 18.5 Å². The number of benzene rings is 3. The first-order chi connectivity index (χ1) is 22.1. The quantitative estimate of drug-likeness (QED) is 0.184. The Kier molecular flexibility index (Phi) is 8.71. The fourth-order valence-corrected chi connectivity index (χ4v) is 6.33. The van der Waals surface area contributed by atoms with Crippen molar-refractivity contribution in [1.29, 1.82) is 0 Å². The molecule has 0 radical (unpaired) electrons. The first kappa shape index (κ1) is 31.1. The second-order valence-electron chi connectivity index (χ2n) is 13.2. The van der Waals surface area contributed by atoms with Crippen LogP contribution in [-0.2, 0) is 11.8 Å². The van der Waals surface area contributed by atoms with Crippen molar-refractivity contribution in [2.24, 2.45) is 7.05 Å². The molecular formula is C38H43N5O3. The molecule has 1 amide bonds. The second kappa shape index (κ2) is 12.9. The first-order valence-electron chi connectivity index (χ1n) is 16.0. The van der Waals surface area contributed by atoms with Crippen molar-refractivity contribution in [2.75, 3.05) is 18.5 Å². The number of ether oxygens (including phenoxy) is 2. The SMILES string of the molecule is C[C@H]1C[C@H](N(C)c2ccc3c(-c4cccnc4OC(c4ccccc4)c4ccccc4)nn(C)c3c2)CCN1C(=O)OC(C)(C)C. The van der Waals surface area contributed by atoms with Gasteiger partial charge in [0, 0.05) is 50.0 Å². The van der Waals surface area contributed by atoms with Gasteiger partial charge in [-0.2, -0.15) is 5.10 Å². The van der Waals surface area contributed by atoms with Crippen LogP contribution in [0.5, 0.6) is 5.88 Å². The molecule has 8 heteroatoms. The predicted molar refractivity (Wildman–Crippen MR) is 183 cm³/mol. The van der Waals surface area contributed by atoms with Gasteiger partial charge in [-0.15, -0.1) is 0 Å². The van der Waals surface area contributed by atoms with E-state index in [1.165, 1.54) is 0 Å². The number of piperidine rings is 1. The van der Waals surface area contributed by atoms with Crippen LogP contribution in [0.3, 0.4) is 0 Å². The van der Waals surface area contributed by atoms with E-state index < -0.39 is 5.60 Å². The van der Waals surface area contributed by atoms with E-state index in [1.807, 2.05) is 85.9 Å². The maximum atomic E-state index is 12.8. The van der Waals surface area contributed by atoms with Crippen LogP contribution >= 0.6 is 0 Å². The summed E-state index contributed by atoms with van der Waals surface area (Å²) in [5, 5.41) is 6.01. The number of likely N-dealkylation sites (tertiary alicyclic amines) is 1. The number of fused-ring (bicyclic) bond motifs is 1. The van der Waals surface area contributed by atoms with Gasteiger partial charge in [-0.1, -0.05) is 60.7 Å². The molecule has 0 saturated carbocycles. The average molecular weight is 618 g/mol. The molecule has 3 heterocycles. The predicted octanol–water partition coefficient (Wildman–Crippen LogP) is 8.03. The minimum atomic E-state index is -0.504. The summed E-state index contributed by atoms with van der Waals surface area (Å²) in [7, 11) is 4.12. The molecule has 0 bridgehead atoms. The summed E-state index contributed by atoms with van der Waals surface area (Å²) in [5.41, 5.74) is 5.40. The third-order valence-corrected chi connectivity index (χ3v) is 8.73. The standard InChI is InChI=1S/C38H43N5O3/c1-26-24-30(21-23-43(26)37(44)46-38(2,3)4)41(5)29-19-20-31-33(25-29)42(6)40-34(31)32-18-13-22-39-36(32)45-35(27-14-9-7-10-15-27)28-16-11-8-12-17-28/h7-20,22,25-26,30,35H,21,23-24H2,1-6H3/t26-,30+/m0/s1. The lowest BCUT2D eigenvalue weighted by Gasteiger charge is -2.42. The van der Waals surface area contributed by atoms with Crippen LogP contribution in [0.25, 0.3) is 22.2 Å². The summed E-state index contributed by atoms with van der Waals surface area (Å²) in [6, 6.07) is 31.3. The van der Waals surface area contributed by atoms with E-state index in [2.05, 4.69) is 61.3 Å². The summed E-state index contributed by atoms with van der Waals surface area (Å²) in [4.78, 5) is 21.7. The van der Waals surface area contributed by atoms with Crippen molar-refractivity contribution >= 4 is 22.7 Å². The minimum absolute atomic E-state index is 0.0858. The lowest BCUT2D eigenvalue weighted by Crippen LogP contribution is -2.51. The zero-order valence-corrected chi connectivity index (χ0v) is 27.6. The van der Waals surface area contributed by atoms with Crippen molar-refractivity contribution in [3.8, 4) is 17.1 Å².